The third-order valence-corrected chi connectivity index (χ3v) is 3.49. The molecular formula is C10H19ClN2O. The molecule has 1 saturated heterocycles. The van der Waals surface area contributed by atoms with Crippen LogP contribution in [0.2, 0.25) is 0 Å². The van der Waals surface area contributed by atoms with Gasteiger partial charge in [0.1, 0.15) is 0 Å². The number of nitrogens with zero attached hydrogens (tertiary/aromatic N) is 1. The van der Waals surface area contributed by atoms with Crippen LogP contribution in [0.25, 0.3) is 0 Å². The maximum Gasteiger partial charge on any atom is 0.236 e. The molecule has 1 atom stereocenters. The fraction of sp³-hybridized carbons (Fsp3) is 0.900. The topological polar surface area (TPSA) is 46.3 Å². The maximum atomic E-state index is 11.5. The normalized spacial score (nSPS) is 26.9. The fourth-order valence-electron chi connectivity index (χ4n) is 2.53. The van der Waals surface area contributed by atoms with Crippen molar-refractivity contribution in [1.82, 2.24) is 4.90 Å². The van der Waals surface area contributed by atoms with Gasteiger partial charge in [-0.3, -0.25) is 4.79 Å². The Morgan fingerprint density at radius 1 is 1.29 bits per heavy atom. The molecule has 0 radical (unpaired) electrons. The van der Waals surface area contributed by atoms with E-state index >= 15 is 0 Å². The molecule has 0 aromatic carbocycles. The molecule has 1 heterocycles. The minimum atomic E-state index is 0. The lowest BCUT2D eigenvalue weighted by molar-refractivity contribution is -0.132. The summed E-state index contributed by atoms with van der Waals surface area (Å²) < 4.78 is 0. The molecule has 1 unspecified atom stereocenters. The summed E-state index contributed by atoms with van der Waals surface area (Å²) in [6.45, 7) is 1.13. The van der Waals surface area contributed by atoms with Crippen LogP contribution < -0.4 is 5.73 Å². The Hall–Kier alpha value is -0.280. The Balaban J connectivity index is 0.000000980. The lowest BCUT2D eigenvalue weighted by atomic mass is 9.79. The van der Waals surface area contributed by atoms with Crippen LogP contribution in [0.15, 0.2) is 0 Å². The number of hydrogen-bond donors (Lipinski definition) is 1. The molecule has 82 valence electrons. The van der Waals surface area contributed by atoms with E-state index in [0.717, 1.165) is 12.5 Å². The summed E-state index contributed by atoms with van der Waals surface area (Å²) >= 11 is 0. The Kier molecular flexibility index (Phi) is 4.20. The molecule has 0 spiro atoms. The van der Waals surface area contributed by atoms with Crippen LogP contribution in [0.1, 0.15) is 32.1 Å². The maximum absolute atomic E-state index is 11.5. The summed E-state index contributed by atoms with van der Waals surface area (Å²) in [5.41, 5.74) is 5.38. The van der Waals surface area contributed by atoms with Crippen molar-refractivity contribution in [3.63, 3.8) is 0 Å². The van der Waals surface area contributed by atoms with E-state index in [1.54, 1.807) is 0 Å². The van der Waals surface area contributed by atoms with Gasteiger partial charge in [-0.1, -0.05) is 6.42 Å². The molecule has 2 fully saturated rings. The van der Waals surface area contributed by atoms with Crippen molar-refractivity contribution in [1.29, 1.82) is 0 Å². The van der Waals surface area contributed by atoms with Gasteiger partial charge in [0.15, 0.2) is 0 Å². The number of hydrogen-bond acceptors (Lipinski definition) is 2. The van der Waals surface area contributed by atoms with E-state index in [4.69, 9.17) is 5.73 Å². The Labute approximate surface area is 91.4 Å². The van der Waals surface area contributed by atoms with Gasteiger partial charge in [-0.2, -0.15) is 0 Å². The van der Waals surface area contributed by atoms with Crippen LogP contribution in [-0.4, -0.2) is 29.9 Å². The first-order chi connectivity index (χ1) is 6.33. The highest BCUT2D eigenvalue weighted by atomic mass is 35.5. The standard InChI is InChI=1S/C10H18N2O.ClH/c11-7-10(13)12-6-2-5-9(12)8-3-1-4-8;/h8-9H,1-7,11H2;1H. The summed E-state index contributed by atoms with van der Waals surface area (Å²) in [4.78, 5) is 13.5. The summed E-state index contributed by atoms with van der Waals surface area (Å²) in [5.74, 6) is 0.937. The SMILES string of the molecule is Cl.NCC(=O)N1CCCC1C1CCC1. The second kappa shape index (κ2) is 4.99. The molecule has 14 heavy (non-hydrogen) atoms. The fourth-order valence-corrected chi connectivity index (χ4v) is 2.53. The molecule has 0 aromatic rings. The summed E-state index contributed by atoms with van der Waals surface area (Å²) in [7, 11) is 0. The average Bonchev–Trinajstić information content (AvgIpc) is 2.49. The first kappa shape index (κ1) is 11.8. The van der Waals surface area contributed by atoms with Crippen molar-refractivity contribution < 1.29 is 4.79 Å². The van der Waals surface area contributed by atoms with Gasteiger partial charge in [0.2, 0.25) is 5.91 Å². The summed E-state index contributed by atoms with van der Waals surface area (Å²) in [6, 6.07) is 0.532. The molecule has 3 nitrogen and oxygen atoms in total. The second-order valence-corrected chi connectivity index (χ2v) is 4.19. The number of halogens is 1. The highest BCUT2D eigenvalue weighted by Crippen LogP contribution is 2.36. The van der Waals surface area contributed by atoms with Gasteiger partial charge >= 0.3 is 0 Å². The monoisotopic (exact) mass is 218 g/mol. The molecule has 2 N–H and O–H groups in total. The van der Waals surface area contributed by atoms with E-state index in [-0.39, 0.29) is 24.9 Å². The van der Waals surface area contributed by atoms with E-state index in [0.29, 0.717) is 6.04 Å². The van der Waals surface area contributed by atoms with Gasteiger partial charge in [0.05, 0.1) is 6.54 Å². The molecule has 2 aliphatic rings. The predicted molar refractivity (Wildman–Crippen MR) is 58.4 cm³/mol. The quantitative estimate of drug-likeness (QED) is 0.756. The van der Waals surface area contributed by atoms with Crippen LogP contribution in [0, 0.1) is 5.92 Å². The lowest BCUT2D eigenvalue weighted by Gasteiger charge is -2.36. The minimum absolute atomic E-state index is 0. The Morgan fingerprint density at radius 2 is 2.00 bits per heavy atom. The second-order valence-electron chi connectivity index (χ2n) is 4.19. The zero-order valence-corrected chi connectivity index (χ0v) is 9.26. The average molecular weight is 219 g/mol. The smallest absolute Gasteiger partial charge is 0.236 e. The van der Waals surface area contributed by atoms with Gasteiger partial charge in [-0.25, -0.2) is 0 Å². The van der Waals surface area contributed by atoms with Gasteiger partial charge in [-0.05, 0) is 31.6 Å². The van der Waals surface area contributed by atoms with E-state index in [1.165, 1.54) is 32.1 Å². The van der Waals surface area contributed by atoms with Crippen LogP contribution >= 0.6 is 12.4 Å². The van der Waals surface area contributed by atoms with Gasteiger partial charge in [0, 0.05) is 12.6 Å². The molecule has 1 saturated carbocycles. The first-order valence-corrected chi connectivity index (χ1v) is 5.32. The predicted octanol–water partition coefficient (Wildman–Crippen LogP) is 1.16. The summed E-state index contributed by atoms with van der Waals surface area (Å²) in [6.07, 6.45) is 6.37. The van der Waals surface area contributed by atoms with Gasteiger partial charge in [-0.15, -0.1) is 12.4 Å². The molecular weight excluding hydrogens is 200 g/mol. The largest absolute Gasteiger partial charge is 0.338 e. The highest BCUT2D eigenvalue weighted by molar-refractivity contribution is 5.85. The van der Waals surface area contributed by atoms with E-state index < -0.39 is 0 Å². The molecule has 2 rings (SSSR count). The first-order valence-electron chi connectivity index (χ1n) is 5.32. The molecule has 0 bridgehead atoms. The van der Waals surface area contributed by atoms with Crippen molar-refractivity contribution in [3.8, 4) is 0 Å². The van der Waals surface area contributed by atoms with E-state index in [9.17, 15) is 4.79 Å². The zero-order chi connectivity index (χ0) is 9.26. The van der Waals surface area contributed by atoms with E-state index in [2.05, 4.69) is 0 Å². The number of amides is 1. The minimum Gasteiger partial charge on any atom is -0.338 e. The van der Waals surface area contributed by atoms with Crippen molar-refractivity contribution in [2.45, 2.75) is 38.1 Å². The van der Waals surface area contributed by atoms with E-state index in [1.807, 2.05) is 4.90 Å². The third-order valence-electron chi connectivity index (χ3n) is 3.49. The zero-order valence-electron chi connectivity index (χ0n) is 8.45. The number of nitrogens with two attached hydrogens (primary N) is 1. The van der Waals surface area contributed by atoms with Crippen molar-refractivity contribution in [3.05, 3.63) is 0 Å². The highest BCUT2D eigenvalue weighted by Gasteiger charge is 2.36. The van der Waals surface area contributed by atoms with Gasteiger partial charge < -0.3 is 10.6 Å². The van der Waals surface area contributed by atoms with Crippen LogP contribution in [0.5, 0.6) is 0 Å². The molecule has 1 amide bonds. The van der Waals surface area contributed by atoms with Crippen molar-refractivity contribution in [2.75, 3.05) is 13.1 Å². The Bertz CT molecular complexity index is 206. The molecule has 4 heteroatoms. The number of rotatable bonds is 2. The van der Waals surface area contributed by atoms with Crippen molar-refractivity contribution in [2.24, 2.45) is 11.7 Å². The number of carbonyl (C=O) groups is 1. The van der Waals surface area contributed by atoms with Crippen LogP contribution in [0.4, 0.5) is 0 Å². The Morgan fingerprint density at radius 3 is 2.50 bits per heavy atom. The third kappa shape index (κ3) is 2.04. The van der Waals surface area contributed by atoms with Gasteiger partial charge in [0.25, 0.3) is 0 Å². The van der Waals surface area contributed by atoms with Crippen molar-refractivity contribution >= 4 is 18.3 Å². The number of carbonyl (C=O) groups excluding carboxylic acids is 1. The number of likely N-dealkylation sites (tertiary alicyclic amines) is 1. The van der Waals surface area contributed by atoms with Crippen LogP contribution in [0.3, 0.4) is 0 Å². The molecule has 0 aromatic heterocycles. The van der Waals surface area contributed by atoms with Crippen LogP contribution in [-0.2, 0) is 4.79 Å². The summed E-state index contributed by atoms with van der Waals surface area (Å²) in [5, 5.41) is 0. The lowest BCUT2D eigenvalue weighted by Crippen LogP contribution is -2.44. The molecule has 1 aliphatic carbocycles. The molecule has 1 aliphatic heterocycles.